The van der Waals surface area contributed by atoms with Crippen LogP contribution in [0.2, 0.25) is 0 Å². The second-order valence-corrected chi connectivity index (χ2v) is 4.56. The Morgan fingerprint density at radius 2 is 2.25 bits per heavy atom. The van der Waals surface area contributed by atoms with Gasteiger partial charge in [0.2, 0.25) is 0 Å². The van der Waals surface area contributed by atoms with Crippen molar-refractivity contribution < 1.29 is 4.39 Å². The molecule has 2 N–H and O–H groups in total. The minimum Gasteiger partial charge on any atom is -0.344 e. The van der Waals surface area contributed by atoms with Crippen molar-refractivity contribution in [2.45, 2.75) is 25.3 Å². The summed E-state index contributed by atoms with van der Waals surface area (Å²) >= 11 is 0. The molecule has 3 heteroatoms. The summed E-state index contributed by atoms with van der Waals surface area (Å²) in [7, 11) is 1.91. The van der Waals surface area contributed by atoms with Crippen LogP contribution in [0, 0.1) is 5.82 Å². The zero-order chi connectivity index (χ0) is 11.3. The lowest BCUT2D eigenvalue weighted by molar-refractivity contribution is 0.540. The largest absolute Gasteiger partial charge is 0.344 e. The predicted molar refractivity (Wildman–Crippen MR) is 62.7 cm³/mol. The van der Waals surface area contributed by atoms with Crippen LogP contribution in [0.3, 0.4) is 0 Å². The molecule has 0 aliphatic heterocycles. The molecule has 1 aliphatic carbocycles. The third-order valence-corrected chi connectivity index (χ3v) is 3.61. The second kappa shape index (κ2) is 3.32. The summed E-state index contributed by atoms with van der Waals surface area (Å²) in [6.45, 7) is 0. The molecule has 0 saturated carbocycles. The van der Waals surface area contributed by atoms with Crippen molar-refractivity contribution in [1.29, 1.82) is 0 Å². The first kappa shape index (κ1) is 9.85. The molecular formula is C13H15FN2. The molecule has 3 rings (SSSR count). The smallest absolute Gasteiger partial charge is 0.147 e. The van der Waals surface area contributed by atoms with Crippen molar-refractivity contribution in [2.24, 2.45) is 12.8 Å². The van der Waals surface area contributed by atoms with Crippen LogP contribution >= 0.6 is 0 Å². The Labute approximate surface area is 93.9 Å². The molecule has 1 heterocycles. The highest BCUT2D eigenvalue weighted by atomic mass is 19.1. The number of hydrogen-bond donors (Lipinski definition) is 1. The average molecular weight is 218 g/mol. The first-order valence-corrected chi connectivity index (χ1v) is 5.71. The van der Waals surface area contributed by atoms with Gasteiger partial charge in [0, 0.05) is 24.2 Å². The van der Waals surface area contributed by atoms with Gasteiger partial charge in [0.05, 0.1) is 5.52 Å². The van der Waals surface area contributed by atoms with Crippen LogP contribution in [0.5, 0.6) is 0 Å². The Bertz CT molecular complexity index is 557. The summed E-state index contributed by atoms with van der Waals surface area (Å²) in [5.74, 6) is -0.151. The summed E-state index contributed by atoms with van der Waals surface area (Å²) in [5.41, 5.74) is 9.18. The Kier molecular flexibility index (Phi) is 2.04. The monoisotopic (exact) mass is 218 g/mol. The number of benzene rings is 1. The molecule has 1 atom stereocenters. The number of halogens is 1. The maximum absolute atomic E-state index is 13.8. The molecule has 0 radical (unpaired) electrons. The fourth-order valence-corrected chi connectivity index (χ4v) is 2.93. The number of rotatable bonds is 0. The van der Waals surface area contributed by atoms with E-state index in [4.69, 9.17) is 5.73 Å². The first-order chi connectivity index (χ1) is 7.70. The summed E-state index contributed by atoms with van der Waals surface area (Å²) in [6.07, 6.45) is 3.12. The van der Waals surface area contributed by atoms with E-state index in [9.17, 15) is 4.39 Å². The van der Waals surface area contributed by atoms with Crippen molar-refractivity contribution in [2.75, 3.05) is 0 Å². The van der Waals surface area contributed by atoms with Crippen LogP contribution in [-0.4, -0.2) is 4.57 Å². The van der Waals surface area contributed by atoms with Crippen LogP contribution in [0.4, 0.5) is 4.39 Å². The molecule has 0 bridgehead atoms. The Balaban J connectivity index is 2.43. The van der Waals surface area contributed by atoms with Crippen LogP contribution in [0.25, 0.3) is 10.9 Å². The van der Waals surface area contributed by atoms with Gasteiger partial charge < -0.3 is 10.3 Å². The zero-order valence-electron chi connectivity index (χ0n) is 9.33. The fraction of sp³-hybridized carbons (Fsp3) is 0.385. The molecule has 1 unspecified atom stereocenters. The van der Waals surface area contributed by atoms with E-state index in [0.717, 1.165) is 30.3 Å². The van der Waals surface area contributed by atoms with E-state index in [1.807, 2.05) is 17.7 Å². The molecule has 1 aromatic heterocycles. The van der Waals surface area contributed by atoms with Crippen LogP contribution in [0.1, 0.15) is 30.1 Å². The lowest BCUT2D eigenvalue weighted by atomic mass is 9.92. The highest BCUT2D eigenvalue weighted by molar-refractivity contribution is 5.86. The highest BCUT2D eigenvalue weighted by Crippen LogP contribution is 2.36. The first-order valence-electron chi connectivity index (χ1n) is 5.71. The lowest BCUT2D eigenvalue weighted by Gasteiger charge is -2.20. The van der Waals surface area contributed by atoms with Gasteiger partial charge >= 0.3 is 0 Å². The fourth-order valence-electron chi connectivity index (χ4n) is 2.93. The molecule has 0 saturated heterocycles. The summed E-state index contributed by atoms with van der Waals surface area (Å²) < 4.78 is 15.7. The molecule has 1 aliphatic rings. The van der Waals surface area contributed by atoms with Crippen molar-refractivity contribution in [3.05, 3.63) is 35.3 Å². The van der Waals surface area contributed by atoms with Gasteiger partial charge in [0.25, 0.3) is 0 Å². The standard InChI is InChI=1S/C13H15FN2/c1-16-12-8(4-2-6-10(12)14)9-5-3-7-11(15)13(9)16/h2,4,6,11H,3,5,7,15H2,1H3. The topological polar surface area (TPSA) is 30.9 Å². The molecule has 0 spiro atoms. The summed E-state index contributed by atoms with van der Waals surface area (Å²) in [4.78, 5) is 0. The molecule has 84 valence electrons. The average Bonchev–Trinajstić information content (AvgIpc) is 2.56. The molecule has 2 nitrogen and oxygen atoms in total. The summed E-state index contributed by atoms with van der Waals surface area (Å²) in [6, 6.07) is 5.34. The highest BCUT2D eigenvalue weighted by Gasteiger charge is 2.24. The molecule has 16 heavy (non-hydrogen) atoms. The SMILES string of the molecule is Cn1c2c(c3cccc(F)c31)CCCC2N. The number of nitrogens with two attached hydrogens (primary N) is 1. The molecule has 1 aromatic carbocycles. The van der Waals surface area contributed by atoms with Crippen molar-refractivity contribution >= 4 is 10.9 Å². The van der Waals surface area contributed by atoms with Crippen molar-refractivity contribution in [3.63, 3.8) is 0 Å². The Hall–Kier alpha value is -1.35. The zero-order valence-corrected chi connectivity index (χ0v) is 9.33. The molecule has 0 fully saturated rings. The van der Waals surface area contributed by atoms with Crippen LogP contribution < -0.4 is 5.73 Å². The van der Waals surface area contributed by atoms with E-state index in [1.54, 1.807) is 6.07 Å². The number of para-hydroxylation sites is 1. The second-order valence-electron chi connectivity index (χ2n) is 4.56. The molecule has 2 aromatic rings. The maximum Gasteiger partial charge on any atom is 0.147 e. The maximum atomic E-state index is 13.8. The van der Waals surface area contributed by atoms with Gasteiger partial charge in [-0.05, 0) is 30.9 Å². The van der Waals surface area contributed by atoms with E-state index in [-0.39, 0.29) is 11.9 Å². The number of aryl methyl sites for hydroxylation is 2. The third-order valence-electron chi connectivity index (χ3n) is 3.61. The van der Waals surface area contributed by atoms with Gasteiger partial charge in [-0.2, -0.15) is 0 Å². The lowest BCUT2D eigenvalue weighted by Crippen LogP contribution is -2.19. The van der Waals surface area contributed by atoms with Gasteiger partial charge in [0.1, 0.15) is 5.82 Å². The number of nitrogens with zero attached hydrogens (tertiary/aromatic N) is 1. The van der Waals surface area contributed by atoms with E-state index in [2.05, 4.69) is 0 Å². The minimum absolute atomic E-state index is 0.0561. The molecule has 0 amide bonds. The minimum atomic E-state index is -0.151. The van der Waals surface area contributed by atoms with Gasteiger partial charge in [-0.3, -0.25) is 0 Å². The predicted octanol–water partition coefficient (Wildman–Crippen LogP) is 2.65. The molecular weight excluding hydrogens is 203 g/mol. The Morgan fingerprint density at radius 3 is 3.06 bits per heavy atom. The number of aromatic nitrogens is 1. The van der Waals surface area contributed by atoms with E-state index < -0.39 is 0 Å². The number of fused-ring (bicyclic) bond motifs is 3. The van der Waals surface area contributed by atoms with Gasteiger partial charge in [-0.15, -0.1) is 0 Å². The van der Waals surface area contributed by atoms with Gasteiger partial charge in [-0.25, -0.2) is 4.39 Å². The van der Waals surface area contributed by atoms with E-state index in [1.165, 1.54) is 11.6 Å². The number of hydrogen-bond acceptors (Lipinski definition) is 1. The normalized spacial score (nSPS) is 20.1. The van der Waals surface area contributed by atoms with E-state index in [0.29, 0.717) is 5.52 Å². The van der Waals surface area contributed by atoms with Gasteiger partial charge in [0.15, 0.2) is 0 Å². The van der Waals surface area contributed by atoms with Crippen LogP contribution in [-0.2, 0) is 13.5 Å². The van der Waals surface area contributed by atoms with E-state index >= 15 is 0 Å². The quantitative estimate of drug-likeness (QED) is 0.724. The van der Waals surface area contributed by atoms with Crippen LogP contribution in [0.15, 0.2) is 18.2 Å². The van der Waals surface area contributed by atoms with Gasteiger partial charge in [-0.1, -0.05) is 12.1 Å². The van der Waals surface area contributed by atoms with Crippen molar-refractivity contribution in [1.82, 2.24) is 4.57 Å². The summed E-state index contributed by atoms with van der Waals surface area (Å²) in [5, 5.41) is 1.03. The third kappa shape index (κ3) is 1.15. The van der Waals surface area contributed by atoms with Crippen molar-refractivity contribution in [3.8, 4) is 0 Å². The Morgan fingerprint density at radius 1 is 1.44 bits per heavy atom.